The molecule has 0 saturated heterocycles. The quantitative estimate of drug-likeness (QED) is 0.330. The van der Waals surface area contributed by atoms with E-state index >= 15 is 0 Å². The molecule has 34 heavy (non-hydrogen) atoms. The zero-order valence-electron chi connectivity index (χ0n) is 18.8. The van der Waals surface area contributed by atoms with Gasteiger partial charge in [-0.2, -0.15) is 5.26 Å². The molecule has 4 N–H and O–H groups in total. The number of pyridine rings is 1. The van der Waals surface area contributed by atoms with E-state index in [0.29, 0.717) is 35.6 Å². The fourth-order valence-electron chi connectivity index (χ4n) is 3.82. The summed E-state index contributed by atoms with van der Waals surface area (Å²) in [6.45, 7) is 2.92. The predicted molar refractivity (Wildman–Crippen MR) is 131 cm³/mol. The van der Waals surface area contributed by atoms with Crippen LogP contribution in [-0.2, 0) is 4.74 Å². The molecule has 4 rings (SSSR count). The minimum atomic E-state index is -0.381. The molecule has 172 valence electrons. The molecule has 2 aromatic heterocycles. The molecule has 9 heteroatoms. The van der Waals surface area contributed by atoms with Crippen molar-refractivity contribution in [2.75, 3.05) is 36.6 Å². The van der Waals surface area contributed by atoms with E-state index in [1.807, 2.05) is 43.3 Å². The summed E-state index contributed by atoms with van der Waals surface area (Å²) in [6.07, 6.45) is 1.30. The highest BCUT2D eigenvalue weighted by molar-refractivity contribution is 6.00. The standard InChI is InChI=1S/C25H24FN7O/c1-15(32-25-19(13-27)24(28)30-14-31-25)22-21(16-6-4-3-5-7-16)23(29-10-11-34-2)18-12-17(26)8-9-20(18)33-22/h3-9,12,14-15H,10-11H2,1-2H3,(H,29,33)(H3,28,30,31,32)/t15-/m1/s1. The first-order valence-corrected chi connectivity index (χ1v) is 10.7. The molecule has 0 unspecified atom stereocenters. The number of hydrogen-bond acceptors (Lipinski definition) is 8. The Labute approximate surface area is 196 Å². The van der Waals surface area contributed by atoms with Gasteiger partial charge in [0.2, 0.25) is 0 Å². The number of nitrogens with one attached hydrogen (secondary N) is 2. The van der Waals surface area contributed by atoms with E-state index < -0.39 is 0 Å². The van der Waals surface area contributed by atoms with Crippen molar-refractivity contribution in [3.8, 4) is 17.2 Å². The van der Waals surface area contributed by atoms with E-state index in [9.17, 15) is 9.65 Å². The Morgan fingerprint density at radius 2 is 1.97 bits per heavy atom. The Hall–Kier alpha value is -4.29. The van der Waals surface area contributed by atoms with Gasteiger partial charge in [-0.25, -0.2) is 19.3 Å². The SMILES string of the molecule is COCCNc1c(-c2ccccc2)c([C@@H](C)Nc2ncnc(N)c2C#N)nc2ccc(F)cc12. The smallest absolute Gasteiger partial charge is 0.150 e. The van der Waals surface area contributed by atoms with Crippen molar-refractivity contribution in [2.45, 2.75) is 13.0 Å². The molecule has 0 aliphatic heterocycles. The summed E-state index contributed by atoms with van der Waals surface area (Å²) in [6, 6.07) is 15.9. The van der Waals surface area contributed by atoms with Crippen molar-refractivity contribution in [1.82, 2.24) is 15.0 Å². The summed E-state index contributed by atoms with van der Waals surface area (Å²) in [4.78, 5) is 13.0. The Kier molecular flexibility index (Phi) is 6.80. The van der Waals surface area contributed by atoms with Crippen LogP contribution in [0.5, 0.6) is 0 Å². The van der Waals surface area contributed by atoms with Gasteiger partial charge < -0.3 is 21.1 Å². The number of benzene rings is 2. The number of aromatic nitrogens is 3. The van der Waals surface area contributed by atoms with E-state index in [0.717, 1.165) is 16.8 Å². The van der Waals surface area contributed by atoms with Crippen LogP contribution in [0.15, 0.2) is 54.9 Å². The molecule has 0 bridgehead atoms. The van der Waals surface area contributed by atoms with Gasteiger partial charge in [0, 0.05) is 24.6 Å². The second-order valence-corrected chi connectivity index (χ2v) is 7.65. The van der Waals surface area contributed by atoms with Crippen molar-refractivity contribution < 1.29 is 9.13 Å². The lowest BCUT2D eigenvalue weighted by atomic mass is 9.95. The predicted octanol–water partition coefficient (Wildman–Crippen LogP) is 4.52. The van der Waals surface area contributed by atoms with Crippen LogP contribution in [0.25, 0.3) is 22.0 Å². The van der Waals surface area contributed by atoms with Crippen LogP contribution >= 0.6 is 0 Å². The summed E-state index contributed by atoms with van der Waals surface area (Å²) < 4.78 is 19.5. The Morgan fingerprint density at radius 3 is 2.71 bits per heavy atom. The molecule has 0 aliphatic rings. The van der Waals surface area contributed by atoms with Crippen LogP contribution in [0.1, 0.15) is 24.2 Å². The van der Waals surface area contributed by atoms with Crippen LogP contribution in [-0.4, -0.2) is 35.2 Å². The third-order valence-corrected chi connectivity index (χ3v) is 5.40. The second kappa shape index (κ2) is 10.1. The number of anilines is 3. The number of halogens is 1. The largest absolute Gasteiger partial charge is 0.383 e. The zero-order valence-corrected chi connectivity index (χ0v) is 18.8. The van der Waals surface area contributed by atoms with Gasteiger partial charge in [0.25, 0.3) is 0 Å². The first-order valence-electron chi connectivity index (χ1n) is 10.7. The Bertz CT molecular complexity index is 1360. The van der Waals surface area contributed by atoms with Crippen molar-refractivity contribution in [3.63, 3.8) is 0 Å². The summed E-state index contributed by atoms with van der Waals surface area (Å²) in [7, 11) is 1.63. The summed E-state index contributed by atoms with van der Waals surface area (Å²) in [5, 5.41) is 16.9. The van der Waals surface area contributed by atoms with Crippen molar-refractivity contribution in [1.29, 1.82) is 5.26 Å². The van der Waals surface area contributed by atoms with Gasteiger partial charge in [-0.05, 0) is 30.7 Å². The lowest BCUT2D eigenvalue weighted by Crippen LogP contribution is -2.16. The summed E-state index contributed by atoms with van der Waals surface area (Å²) >= 11 is 0. The fraction of sp³-hybridized carbons (Fsp3) is 0.200. The number of fused-ring (bicyclic) bond motifs is 1. The number of hydrogen-bond donors (Lipinski definition) is 3. The Balaban J connectivity index is 1.92. The monoisotopic (exact) mass is 457 g/mol. The number of nitrogens with zero attached hydrogens (tertiary/aromatic N) is 4. The molecule has 0 saturated carbocycles. The molecular weight excluding hydrogens is 433 g/mol. The highest BCUT2D eigenvalue weighted by atomic mass is 19.1. The third kappa shape index (κ3) is 4.58. The second-order valence-electron chi connectivity index (χ2n) is 7.65. The van der Waals surface area contributed by atoms with E-state index in [1.165, 1.54) is 18.5 Å². The zero-order chi connectivity index (χ0) is 24.1. The minimum absolute atomic E-state index is 0.0966. The van der Waals surface area contributed by atoms with Crippen LogP contribution in [0, 0.1) is 17.1 Å². The highest BCUT2D eigenvalue weighted by Crippen LogP contribution is 2.40. The molecule has 1 atom stereocenters. The number of nitrogens with two attached hydrogens (primary N) is 1. The van der Waals surface area contributed by atoms with E-state index in [-0.39, 0.29) is 23.2 Å². The molecule has 2 aromatic carbocycles. The van der Waals surface area contributed by atoms with Crippen LogP contribution in [0.3, 0.4) is 0 Å². The van der Waals surface area contributed by atoms with Gasteiger partial charge in [-0.3, -0.25) is 0 Å². The topological polar surface area (TPSA) is 122 Å². The van der Waals surface area contributed by atoms with Crippen LogP contribution in [0.2, 0.25) is 0 Å². The van der Waals surface area contributed by atoms with E-state index in [1.54, 1.807) is 13.2 Å². The molecular formula is C25H24FN7O. The fourth-order valence-corrected chi connectivity index (χ4v) is 3.82. The number of nitriles is 1. The lowest BCUT2D eigenvalue weighted by Gasteiger charge is -2.23. The lowest BCUT2D eigenvalue weighted by molar-refractivity contribution is 0.211. The van der Waals surface area contributed by atoms with E-state index in [2.05, 4.69) is 20.6 Å². The van der Waals surface area contributed by atoms with Crippen molar-refractivity contribution in [3.05, 3.63) is 71.9 Å². The number of rotatable bonds is 8. The summed E-state index contributed by atoms with van der Waals surface area (Å²) in [5.74, 6) is 0.0629. The van der Waals surface area contributed by atoms with Crippen molar-refractivity contribution >= 4 is 28.2 Å². The number of nitrogen functional groups attached to an aromatic ring is 1. The summed E-state index contributed by atoms with van der Waals surface area (Å²) in [5.41, 5.74) is 9.83. The van der Waals surface area contributed by atoms with Gasteiger partial charge in [-0.15, -0.1) is 0 Å². The minimum Gasteiger partial charge on any atom is -0.383 e. The average Bonchev–Trinajstić information content (AvgIpc) is 2.84. The normalized spacial score (nSPS) is 11.7. The molecule has 2 heterocycles. The van der Waals surface area contributed by atoms with Gasteiger partial charge in [0.1, 0.15) is 35.4 Å². The maximum absolute atomic E-state index is 14.3. The Morgan fingerprint density at radius 1 is 1.18 bits per heavy atom. The number of methoxy groups -OCH3 is 1. The van der Waals surface area contributed by atoms with Gasteiger partial charge >= 0.3 is 0 Å². The molecule has 4 aromatic rings. The molecule has 0 spiro atoms. The maximum Gasteiger partial charge on any atom is 0.150 e. The first kappa shape index (κ1) is 22.9. The van der Waals surface area contributed by atoms with Gasteiger partial charge in [0.15, 0.2) is 0 Å². The number of ether oxygens (including phenoxy) is 1. The van der Waals surface area contributed by atoms with Crippen LogP contribution < -0.4 is 16.4 Å². The first-order chi connectivity index (χ1) is 16.5. The third-order valence-electron chi connectivity index (χ3n) is 5.40. The highest BCUT2D eigenvalue weighted by Gasteiger charge is 2.22. The van der Waals surface area contributed by atoms with Crippen molar-refractivity contribution in [2.24, 2.45) is 0 Å². The molecule has 0 amide bonds. The molecule has 0 aliphatic carbocycles. The maximum atomic E-state index is 14.3. The van der Waals surface area contributed by atoms with Gasteiger partial charge in [0.05, 0.1) is 29.5 Å². The van der Waals surface area contributed by atoms with Gasteiger partial charge in [-0.1, -0.05) is 30.3 Å². The molecule has 0 radical (unpaired) electrons. The van der Waals surface area contributed by atoms with E-state index in [4.69, 9.17) is 15.5 Å². The molecule has 0 fully saturated rings. The van der Waals surface area contributed by atoms with Crippen LogP contribution in [0.4, 0.5) is 21.7 Å². The average molecular weight is 458 g/mol. The molecule has 8 nitrogen and oxygen atoms in total.